The maximum Gasteiger partial charge on any atom is 0.387 e. The number of ether oxygens (including phenoxy) is 1. The van der Waals surface area contributed by atoms with Crippen molar-refractivity contribution < 1.29 is 18.3 Å². The zero-order chi connectivity index (χ0) is 18.8. The predicted octanol–water partition coefficient (Wildman–Crippen LogP) is 1.99. The van der Waals surface area contributed by atoms with Crippen molar-refractivity contribution in [2.75, 3.05) is 13.1 Å². The zero-order valence-corrected chi connectivity index (χ0v) is 14.6. The lowest BCUT2D eigenvalue weighted by Crippen LogP contribution is -2.35. The maximum atomic E-state index is 12.8. The Balaban J connectivity index is 1.80. The number of halogens is 2. The molecule has 140 valence electrons. The van der Waals surface area contributed by atoms with Crippen LogP contribution in [0.2, 0.25) is 0 Å². The first kappa shape index (κ1) is 18.2. The number of benzene rings is 1. The first-order valence-electron chi connectivity index (χ1n) is 8.39. The molecule has 3 rings (SSSR count). The largest absolute Gasteiger partial charge is 0.435 e. The van der Waals surface area contributed by atoms with E-state index in [2.05, 4.69) is 15.0 Å². The van der Waals surface area contributed by atoms with Gasteiger partial charge in [0.1, 0.15) is 5.75 Å². The molecule has 1 aliphatic heterocycles. The molecule has 2 unspecified atom stereocenters. The highest BCUT2D eigenvalue weighted by Crippen LogP contribution is 2.25. The smallest absolute Gasteiger partial charge is 0.387 e. The van der Waals surface area contributed by atoms with Gasteiger partial charge in [0, 0.05) is 12.6 Å². The Morgan fingerprint density at radius 1 is 1.38 bits per heavy atom. The predicted molar refractivity (Wildman–Crippen MR) is 90.4 cm³/mol. The second kappa shape index (κ2) is 7.36. The van der Waals surface area contributed by atoms with Crippen LogP contribution in [0.1, 0.15) is 29.5 Å². The molecule has 0 bridgehead atoms. The van der Waals surface area contributed by atoms with E-state index >= 15 is 0 Å². The highest BCUT2D eigenvalue weighted by molar-refractivity contribution is 5.93. The van der Waals surface area contributed by atoms with Gasteiger partial charge in [0.2, 0.25) is 0 Å². The third kappa shape index (κ3) is 3.52. The van der Waals surface area contributed by atoms with E-state index in [-0.39, 0.29) is 23.4 Å². The Labute approximate surface area is 149 Å². The number of nitrogens with two attached hydrogens (primary N) is 1. The molecule has 2 atom stereocenters. The number of alkyl halides is 2. The van der Waals surface area contributed by atoms with Crippen LogP contribution in [0, 0.1) is 12.8 Å². The number of likely N-dealkylation sites (tertiary alicyclic amines) is 1. The summed E-state index contributed by atoms with van der Waals surface area (Å²) in [5, 5.41) is 8.07. The van der Waals surface area contributed by atoms with Crippen LogP contribution in [0.15, 0.2) is 24.3 Å². The van der Waals surface area contributed by atoms with Crippen LogP contribution in [-0.4, -0.2) is 51.5 Å². The molecule has 0 aliphatic carbocycles. The molecule has 2 aromatic rings. The monoisotopic (exact) mass is 365 g/mol. The van der Waals surface area contributed by atoms with Gasteiger partial charge in [-0.1, -0.05) is 5.21 Å². The zero-order valence-electron chi connectivity index (χ0n) is 14.6. The van der Waals surface area contributed by atoms with Crippen molar-refractivity contribution in [2.24, 2.45) is 11.7 Å². The van der Waals surface area contributed by atoms with Gasteiger partial charge in [-0.25, -0.2) is 4.68 Å². The molecule has 1 aromatic carbocycles. The van der Waals surface area contributed by atoms with Crippen molar-refractivity contribution >= 4 is 5.91 Å². The minimum absolute atomic E-state index is 0.0523. The van der Waals surface area contributed by atoms with Gasteiger partial charge in [0.05, 0.1) is 11.4 Å². The molecule has 1 saturated heterocycles. The summed E-state index contributed by atoms with van der Waals surface area (Å²) in [6.45, 7) is 2.03. The summed E-state index contributed by atoms with van der Waals surface area (Å²) < 4.78 is 30.3. The van der Waals surface area contributed by atoms with Crippen LogP contribution in [0.3, 0.4) is 0 Å². The molecular weight excluding hydrogens is 344 g/mol. The number of hydrogen-bond acceptors (Lipinski definition) is 5. The van der Waals surface area contributed by atoms with Gasteiger partial charge < -0.3 is 15.4 Å². The Bertz CT molecular complexity index is 778. The molecule has 26 heavy (non-hydrogen) atoms. The first-order chi connectivity index (χ1) is 12.4. The lowest BCUT2D eigenvalue weighted by Gasteiger charge is -2.20. The Morgan fingerprint density at radius 3 is 2.65 bits per heavy atom. The second-order valence-electron chi connectivity index (χ2n) is 6.45. The van der Waals surface area contributed by atoms with Crippen LogP contribution in [0.5, 0.6) is 5.75 Å². The van der Waals surface area contributed by atoms with Gasteiger partial charge in [0.15, 0.2) is 5.69 Å². The molecule has 2 N–H and O–H groups in total. The fourth-order valence-corrected chi connectivity index (χ4v) is 3.27. The summed E-state index contributed by atoms with van der Waals surface area (Å²) in [5.41, 5.74) is 7.19. The Kier molecular flexibility index (Phi) is 5.17. The summed E-state index contributed by atoms with van der Waals surface area (Å²) in [6, 6.07) is 6.09. The molecule has 1 amide bonds. The number of carbonyl (C=O) groups excluding carboxylic acids is 1. The van der Waals surface area contributed by atoms with Crippen molar-refractivity contribution in [3.63, 3.8) is 0 Å². The van der Waals surface area contributed by atoms with Gasteiger partial charge >= 0.3 is 6.61 Å². The molecule has 9 heteroatoms. The number of rotatable bonds is 5. The van der Waals surface area contributed by atoms with Crippen molar-refractivity contribution in [2.45, 2.75) is 32.9 Å². The van der Waals surface area contributed by atoms with Gasteiger partial charge in [-0.2, -0.15) is 8.78 Å². The topological polar surface area (TPSA) is 86.3 Å². The number of amides is 1. The van der Waals surface area contributed by atoms with Crippen molar-refractivity contribution in [1.82, 2.24) is 19.9 Å². The SMILES string of the molecule is Cc1c(C(=O)N2CC(CN)CC2C)nnn1-c1ccc(OC(F)F)cc1. The molecule has 1 aromatic heterocycles. The molecule has 0 spiro atoms. The normalized spacial score (nSPS) is 20.0. The van der Waals surface area contributed by atoms with E-state index in [4.69, 9.17) is 5.73 Å². The second-order valence-corrected chi connectivity index (χ2v) is 6.45. The Hall–Kier alpha value is -2.55. The number of nitrogens with zero attached hydrogens (tertiary/aromatic N) is 4. The molecule has 7 nitrogen and oxygen atoms in total. The highest BCUT2D eigenvalue weighted by atomic mass is 19.3. The van der Waals surface area contributed by atoms with E-state index in [1.807, 2.05) is 6.92 Å². The van der Waals surface area contributed by atoms with Gasteiger partial charge in [0.25, 0.3) is 5.91 Å². The first-order valence-corrected chi connectivity index (χ1v) is 8.39. The molecule has 0 saturated carbocycles. The highest BCUT2D eigenvalue weighted by Gasteiger charge is 2.34. The molecule has 2 heterocycles. The molecule has 1 fully saturated rings. The minimum Gasteiger partial charge on any atom is -0.435 e. The standard InChI is InChI=1S/C17H21F2N5O2/c1-10-7-12(8-20)9-23(10)16(25)15-11(2)24(22-21-15)13-3-5-14(6-4-13)26-17(18)19/h3-6,10,12,17H,7-9,20H2,1-2H3. The average molecular weight is 365 g/mol. The quantitative estimate of drug-likeness (QED) is 0.876. The number of aromatic nitrogens is 3. The fraction of sp³-hybridized carbons (Fsp3) is 0.471. The summed E-state index contributed by atoms with van der Waals surface area (Å²) >= 11 is 0. The van der Waals surface area contributed by atoms with Crippen LogP contribution < -0.4 is 10.5 Å². The van der Waals surface area contributed by atoms with E-state index in [0.29, 0.717) is 30.4 Å². The number of hydrogen-bond donors (Lipinski definition) is 1. The summed E-state index contributed by atoms with van der Waals surface area (Å²) in [7, 11) is 0. The van der Waals surface area contributed by atoms with Crippen LogP contribution in [0.25, 0.3) is 5.69 Å². The van der Waals surface area contributed by atoms with Crippen LogP contribution >= 0.6 is 0 Å². The van der Waals surface area contributed by atoms with Gasteiger partial charge in [-0.3, -0.25) is 4.79 Å². The molecule has 0 radical (unpaired) electrons. The van der Waals surface area contributed by atoms with Crippen LogP contribution in [-0.2, 0) is 0 Å². The van der Waals surface area contributed by atoms with Gasteiger partial charge in [-0.15, -0.1) is 5.10 Å². The third-order valence-corrected chi connectivity index (χ3v) is 4.66. The lowest BCUT2D eigenvalue weighted by molar-refractivity contribution is -0.0498. The van der Waals surface area contributed by atoms with E-state index in [9.17, 15) is 13.6 Å². The van der Waals surface area contributed by atoms with Crippen molar-refractivity contribution in [3.05, 3.63) is 35.7 Å². The summed E-state index contributed by atoms with van der Waals surface area (Å²) in [4.78, 5) is 14.6. The summed E-state index contributed by atoms with van der Waals surface area (Å²) in [6.07, 6.45) is 0.876. The van der Waals surface area contributed by atoms with Gasteiger partial charge in [-0.05, 0) is 57.0 Å². The Morgan fingerprint density at radius 2 is 2.08 bits per heavy atom. The summed E-state index contributed by atoms with van der Waals surface area (Å²) in [5.74, 6) is 0.179. The third-order valence-electron chi connectivity index (χ3n) is 4.66. The lowest BCUT2D eigenvalue weighted by atomic mass is 10.1. The molecule has 1 aliphatic rings. The maximum absolute atomic E-state index is 12.8. The van der Waals surface area contributed by atoms with Crippen LogP contribution in [0.4, 0.5) is 8.78 Å². The van der Waals surface area contributed by atoms with E-state index in [1.165, 1.54) is 16.8 Å². The van der Waals surface area contributed by atoms with E-state index in [0.717, 1.165) is 6.42 Å². The molecular formula is C17H21F2N5O2. The van der Waals surface area contributed by atoms with E-state index in [1.54, 1.807) is 24.0 Å². The van der Waals surface area contributed by atoms with E-state index < -0.39 is 6.61 Å². The fourth-order valence-electron chi connectivity index (χ4n) is 3.27. The number of carbonyl (C=O) groups is 1. The average Bonchev–Trinajstić information content (AvgIpc) is 3.17. The minimum atomic E-state index is -2.88. The van der Waals surface area contributed by atoms with Crippen molar-refractivity contribution in [3.8, 4) is 11.4 Å². The van der Waals surface area contributed by atoms with Crippen molar-refractivity contribution in [1.29, 1.82) is 0 Å².